The molecule has 1 unspecified atom stereocenters. The number of halogens is 2. The van der Waals surface area contributed by atoms with Crippen LogP contribution in [0.5, 0.6) is 0 Å². The minimum Gasteiger partial charge on any atom is -0.396 e. The molecule has 144 valence electrons. The van der Waals surface area contributed by atoms with Gasteiger partial charge in [0.2, 0.25) is 0 Å². The predicted octanol–water partition coefficient (Wildman–Crippen LogP) is 4.08. The number of likely N-dealkylation sites (N-methyl/N-ethyl adjacent to an activating group) is 1. The first-order valence-electron chi connectivity index (χ1n) is 9.43. The third-order valence-corrected chi connectivity index (χ3v) is 5.36. The van der Waals surface area contributed by atoms with Crippen LogP contribution in [0.15, 0.2) is 36.4 Å². The lowest BCUT2D eigenvalue weighted by atomic mass is 9.87. The number of benzene rings is 2. The van der Waals surface area contributed by atoms with Crippen LogP contribution in [0.2, 0.25) is 0 Å². The van der Waals surface area contributed by atoms with E-state index in [0.29, 0.717) is 18.5 Å². The molecule has 1 aliphatic carbocycles. The number of nitrogens with zero attached hydrogens (tertiary/aromatic N) is 1. The first kappa shape index (κ1) is 19.5. The molecule has 0 spiro atoms. The monoisotopic (exact) mass is 373 g/mol. The summed E-state index contributed by atoms with van der Waals surface area (Å²) in [6.45, 7) is 0.237. The first-order valence-corrected chi connectivity index (χ1v) is 9.43. The fourth-order valence-corrected chi connectivity index (χ4v) is 3.89. The zero-order chi connectivity index (χ0) is 19.4. The molecule has 0 radical (unpaired) electrons. The summed E-state index contributed by atoms with van der Waals surface area (Å²) in [4.78, 5) is 14.7. The van der Waals surface area contributed by atoms with E-state index in [4.69, 9.17) is 0 Å². The number of fused-ring (bicyclic) bond motifs is 1. The average molecular weight is 373 g/mol. The molecule has 0 bridgehead atoms. The molecule has 0 aliphatic heterocycles. The third-order valence-electron chi connectivity index (χ3n) is 5.36. The molecule has 0 fully saturated rings. The van der Waals surface area contributed by atoms with Gasteiger partial charge in [-0.25, -0.2) is 8.78 Å². The molecule has 3 nitrogen and oxygen atoms in total. The molecule has 0 saturated heterocycles. The summed E-state index contributed by atoms with van der Waals surface area (Å²) in [6, 6.07) is 9.62. The summed E-state index contributed by atoms with van der Waals surface area (Å²) in [6.07, 6.45) is 4.52. The van der Waals surface area contributed by atoms with Gasteiger partial charge in [0.25, 0.3) is 5.91 Å². The van der Waals surface area contributed by atoms with Gasteiger partial charge >= 0.3 is 0 Å². The quantitative estimate of drug-likeness (QED) is 0.829. The highest BCUT2D eigenvalue weighted by Gasteiger charge is 2.23. The lowest BCUT2D eigenvalue weighted by Crippen LogP contribution is -2.32. The molecule has 0 heterocycles. The maximum absolute atomic E-state index is 13.6. The van der Waals surface area contributed by atoms with Crippen LogP contribution in [-0.2, 0) is 12.8 Å². The van der Waals surface area contributed by atoms with Gasteiger partial charge in [-0.2, -0.15) is 0 Å². The number of amides is 1. The Morgan fingerprint density at radius 1 is 1.15 bits per heavy atom. The number of carbonyl (C=O) groups excluding carboxylic acids is 1. The summed E-state index contributed by atoms with van der Waals surface area (Å²) in [5.41, 5.74) is 3.68. The normalized spacial score (nSPS) is 14.5. The van der Waals surface area contributed by atoms with Gasteiger partial charge in [-0.05, 0) is 67.0 Å². The maximum Gasteiger partial charge on any atom is 0.253 e. The smallest absolute Gasteiger partial charge is 0.253 e. The number of aryl methyl sites for hydroxylation is 1. The number of carbonyl (C=O) groups is 1. The van der Waals surface area contributed by atoms with Crippen molar-refractivity contribution in [1.29, 1.82) is 0 Å². The van der Waals surface area contributed by atoms with Gasteiger partial charge in [-0.15, -0.1) is 0 Å². The molecular formula is C22H25F2NO2. The standard InChI is InChI=1S/C22H25F2NO2/c1-25(14-17(11-12-26)16-9-10-20(23)21(24)13-16)22(27)19-8-4-6-15-5-2-3-7-18(15)19/h4,6,8-10,13,17,26H,2-3,5,7,11-12,14H2,1H3. The van der Waals surface area contributed by atoms with Gasteiger partial charge in [0, 0.05) is 31.7 Å². The summed E-state index contributed by atoms with van der Waals surface area (Å²) in [5, 5.41) is 9.38. The van der Waals surface area contributed by atoms with Gasteiger partial charge in [0.1, 0.15) is 0 Å². The van der Waals surface area contributed by atoms with Crippen molar-refractivity contribution in [2.24, 2.45) is 0 Å². The number of rotatable bonds is 6. The van der Waals surface area contributed by atoms with Crippen molar-refractivity contribution in [3.8, 4) is 0 Å². The van der Waals surface area contributed by atoms with Crippen LogP contribution in [0.3, 0.4) is 0 Å². The van der Waals surface area contributed by atoms with E-state index in [1.54, 1.807) is 11.9 Å². The Balaban J connectivity index is 1.80. The van der Waals surface area contributed by atoms with Crippen molar-refractivity contribution >= 4 is 5.91 Å². The van der Waals surface area contributed by atoms with Gasteiger partial charge in [-0.1, -0.05) is 18.2 Å². The lowest BCUT2D eigenvalue weighted by molar-refractivity contribution is 0.0779. The zero-order valence-electron chi connectivity index (χ0n) is 15.5. The molecule has 2 aromatic rings. The van der Waals surface area contributed by atoms with Crippen molar-refractivity contribution in [3.63, 3.8) is 0 Å². The van der Waals surface area contributed by atoms with E-state index in [-0.39, 0.29) is 18.4 Å². The third kappa shape index (κ3) is 4.35. The molecule has 1 aliphatic rings. The minimum atomic E-state index is -0.915. The fourth-order valence-electron chi connectivity index (χ4n) is 3.89. The average Bonchev–Trinajstić information content (AvgIpc) is 2.68. The fraction of sp³-hybridized carbons (Fsp3) is 0.409. The zero-order valence-corrected chi connectivity index (χ0v) is 15.5. The summed E-state index contributed by atoms with van der Waals surface area (Å²) < 4.78 is 26.8. The van der Waals surface area contributed by atoms with E-state index in [0.717, 1.165) is 48.9 Å². The number of aliphatic hydroxyl groups excluding tert-OH is 1. The Hall–Kier alpha value is -2.27. The second kappa shape index (κ2) is 8.61. The summed E-state index contributed by atoms with van der Waals surface area (Å²) in [5.74, 6) is -2.15. The highest BCUT2D eigenvalue weighted by Crippen LogP contribution is 2.27. The van der Waals surface area contributed by atoms with Crippen molar-refractivity contribution in [3.05, 3.63) is 70.3 Å². The highest BCUT2D eigenvalue weighted by molar-refractivity contribution is 5.96. The first-order chi connectivity index (χ1) is 13.0. The number of aliphatic hydroxyl groups is 1. The second-order valence-corrected chi connectivity index (χ2v) is 7.22. The van der Waals surface area contributed by atoms with Crippen LogP contribution in [0.4, 0.5) is 8.78 Å². The van der Waals surface area contributed by atoms with Gasteiger partial charge < -0.3 is 10.0 Å². The van der Waals surface area contributed by atoms with E-state index in [1.807, 2.05) is 12.1 Å². The maximum atomic E-state index is 13.6. The lowest BCUT2D eigenvalue weighted by Gasteiger charge is -2.26. The molecule has 5 heteroatoms. The van der Waals surface area contributed by atoms with Crippen LogP contribution in [0.25, 0.3) is 0 Å². The topological polar surface area (TPSA) is 40.5 Å². The number of hydrogen-bond acceptors (Lipinski definition) is 2. The Kier molecular flexibility index (Phi) is 6.22. The minimum absolute atomic E-state index is 0.0701. The van der Waals surface area contributed by atoms with Crippen molar-refractivity contribution < 1.29 is 18.7 Å². The van der Waals surface area contributed by atoms with E-state index in [2.05, 4.69) is 6.07 Å². The van der Waals surface area contributed by atoms with E-state index >= 15 is 0 Å². The molecule has 3 rings (SSSR count). The largest absolute Gasteiger partial charge is 0.396 e. The molecule has 2 aromatic carbocycles. The van der Waals surface area contributed by atoms with Crippen molar-refractivity contribution in [1.82, 2.24) is 4.90 Å². The van der Waals surface area contributed by atoms with Crippen LogP contribution in [-0.4, -0.2) is 36.1 Å². The summed E-state index contributed by atoms with van der Waals surface area (Å²) in [7, 11) is 1.72. The molecule has 1 amide bonds. The predicted molar refractivity (Wildman–Crippen MR) is 101 cm³/mol. The van der Waals surface area contributed by atoms with Crippen molar-refractivity contribution in [2.45, 2.75) is 38.0 Å². The molecule has 1 atom stereocenters. The molecule has 0 aromatic heterocycles. The van der Waals surface area contributed by atoms with E-state index in [1.165, 1.54) is 11.6 Å². The molecule has 27 heavy (non-hydrogen) atoms. The Labute approximate surface area is 158 Å². The Bertz CT molecular complexity index is 822. The highest BCUT2D eigenvalue weighted by atomic mass is 19.2. The van der Waals surface area contributed by atoms with Gasteiger partial charge in [0.05, 0.1) is 0 Å². The van der Waals surface area contributed by atoms with E-state index < -0.39 is 11.6 Å². The Morgan fingerprint density at radius 3 is 2.67 bits per heavy atom. The molecule has 0 saturated carbocycles. The van der Waals surface area contributed by atoms with Gasteiger partial charge in [-0.3, -0.25) is 4.79 Å². The van der Waals surface area contributed by atoms with Crippen LogP contribution in [0.1, 0.15) is 52.2 Å². The molecule has 1 N–H and O–H groups in total. The SMILES string of the molecule is CN(CC(CCO)c1ccc(F)c(F)c1)C(=O)c1cccc2c1CCCC2. The Morgan fingerprint density at radius 2 is 1.93 bits per heavy atom. The van der Waals surface area contributed by atoms with E-state index in [9.17, 15) is 18.7 Å². The molecular weight excluding hydrogens is 348 g/mol. The van der Waals surface area contributed by atoms with Crippen LogP contribution < -0.4 is 0 Å². The van der Waals surface area contributed by atoms with Gasteiger partial charge in [0.15, 0.2) is 11.6 Å². The van der Waals surface area contributed by atoms with Crippen LogP contribution >= 0.6 is 0 Å². The van der Waals surface area contributed by atoms with Crippen LogP contribution in [0, 0.1) is 11.6 Å². The number of hydrogen-bond donors (Lipinski definition) is 1. The summed E-state index contributed by atoms with van der Waals surface area (Å²) >= 11 is 0. The van der Waals surface area contributed by atoms with Crippen molar-refractivity contribution in [2.75, 3.05) is 20.2 Å². The second-order valence-electron chi connectivity index (χ2n) is 7.22.